The molecular formula is C17H23NO3. The summed E-state index contributed by atoms with van der Waals surface area (Å²) < 4.78 is 5.51. The Morgan fingerprint density at radius 1 is 1.33 bits per heavy atom. The Balaban J connectivity index is 1.91. The van der Waals surface area contributed by atoms with Gasteiger partial charge >= 0.3 is 6.09 Å². The first-order valence-corrected chi connectivity index (χ1v) is 7.60. The molecule has 1 aliphatic heterocycles. The van der Waals surface area contributed by atoms with E-state index in [0.29, 0.717) is 18.8 Å². The Hall–Kier alpha value is -1.71. The highest BCUT2D eigenvalue weighted by Crippen LogP contribution is 2.51. The van der Waals surface area contributed by atoms with Gasteiger partial charge in [-0.15, -0.1) is 0 Å². The molecule has 1 saturated carbocycles. The Kier molecular flexibility index (Phi) is 3.15. The first kappa shape index (κ1) is 14.2. The molecule has 1 aromatic carbocycles. The van der Waals surface area contributed by atoms with Crippen LogP contribution in [0.5, 0.6) is 5.75 Å². The molecule has 21 heavy (non-hydrogen) atoms. The lowest BCUT2D eigenvalue weighted by molar-refractivity contribution is 0.00945. The molecule has 1 amide bonds. The summed E-state index contributed by atoms with van der Waals surface area (Å²) in [6, 6.07) is 5.60. The lowest BCUT2D eigenvalue weighted by atomic mass is 9.61. The molecule has 114 valence electrons. The van der Waals surface area contributed by atoms with Gasteiger partial charge in [0.25, 0.3) is 0 Å². The number of phenolic OH excluding ortho intramolecular Hbond substituents is 1. The number of carbonyl (C=O) groups excluding carboxylic acids is 1. The Bertz CT molecular complexity index is 570. The molecule has 0 saturated heterocycles. The van der Waals surface area contributed by atoms with Crippen molar-refractivity contribution < 1.29 is 14.6 Å². The van der Waals surface area contributed by atoms with Gasteiger partial charge in [0.15, 0.2) is 0 Å². The fraction of sp³-hybridized carbons (Fsp3) is 0.588. The summed E-state index contributed by atoms with van der Waals surface area (Å²) in [5, 5.41) is 10.2. The highest BCUT2D eigenvalue weighted by molar-refractivity contribution is 5.69. The van der Waals surface area contributed by atoms with Gasteiger partial charge in [0.2, 0.25) is 0 Å². The van der Waals surface area contributed by atoms with Gasteiger partial charge in [-0.05, 0) is 45.2 Å². The Morgan fingerprint density at radius 2 is 2.05 bits per heavy atom. The maximum absolute atomic E-state index is 12.4. The lowest BCUT2D eigenvalue weighted by Gasteiger charge is -2.49. The SMILES string of the molecule is CC(C)(C)OC(=O)N1Cc2cccc(O)c2C2(CCC2)C1. The van der Waals surface area contributed by atoms with Gasteiger partial charge in [0, 0.05) is 24.1 Å². The van der Waals surface area contributed by atoms with Crippen molar-refractivity contribution in [3.05, 3.63) is 29.3 Å². The zero-order valence-corrected chi connectivity index (χ0v) is 13.0. The first-order chi connectivity index (χ1) is 9.81. The molecule has 1 aromatic rings. The van der Waals surface area contributed by atoms with Crippen LogP contribution in [0.25, 0.3) is 0 Å². The van der Waals surface area contributed by atoms with Crippen molar-refractivity contribution in [1.29, 1.82) is 0 Å². The fourth-order valence-corrected chi connectivity index (χ4v) is 3.50. The number of carbonyl (C=O) groups is 1. The largest absolute Gasteiger partial charge is 0.508 e. The maximum Gasteiger partial charge on any atom is 0.410 e. The molecule has 0 atom stereocenters. The van der Waals surface area contributed by atoms with E-state index >= 15 is 0 Å². The molecule has 0 radical (unpaired) electrons. The molecule has 1 aliphatic carbocycles. The van der Waals surface area contributed by atoms with Crippen LogP contribution >= 0.6 is 0 Å². The molecular weight excluding hydrogens is 266 g/mol. The summed E-state index contributed by atoms with van der Waals surface area (Å²) in [6.45, 7) is 6.81. The molecule has 1 N–H and O–H groups in total. The number of hydrogen-bond donors (Lipinski definition) is 1. The normalized spacial score (nSPS) is 19.9. The van der Waals surface area contributed by atoms with Crippen LogP contribution in [0.2, 0.25) is 0 Å². The molecule has 4 heteroatoms. The molecule has 0 aromatic heterocycles. The minimum absolute atomic E-state index is 0.0736. The second kappa shape index (κ2) is 4.65. The van der Waals surface area contributed by atoms with Crippen LogP contribution in [0.4, 0.5) is 4.79 Å². The highest BCUT2D eigenvalue weighted by Gasteiger charge is 2.47. The van der Waals surface area contributed by atoms with E-state index in [4.69, 9.17) is 4.74 Å². The van der Waals surface area contributed by atoms with E-state index in [0.717, 1.165) is 30.4 Å². The van der Waals surface area contributed by atoms with Gasteiger partial charge in [-0.2, -0.15) is 0 Å². The zero-order valence-electron chi connectivity index (χ0n) is 13.0. The predicted molar refractivity (Wildman–Crippen MR) is 80.3 cm³/mol. The minimum Gasteiger partial charge on any atom is -0.508 e. The Morgan fingerprint density at radius 3 is 2.62 bits per heavy atom. The number of hydrogen-bond acceptors (Lipinski definition) is 3. The molecule has 0 unspecified atom stereocenters. The number of amides is 1. The van der Waals surface area contributed by atoms with Crippen LogP contribution < -0.4 is 0 Å². The average molecular weight is 289 g/mol. The number of benzene rings is 1. The summed E-state index contributed by atoms with van der Waals surface area (Å²) >= 11 is 0. The van der Waals surface area contributed by atoms with E-state index in [1.54, 1.807) is 11.0 Å². The number of nitrogens with zero attached hydrogens (tertiary/aromatic N) is 1. The van der Waals surface area contributed by atoms with Crippen molar-refractivity contribution >= 4 is 6.09 Å². The minimum atomic E-state index is -0.483. The van der Waals surface area contributed by atoms with Gasteiger partial charge in [0.1, 0.15) is 11.4 Å². The average Bonchev–Trinajstić information content (AvgIpc) is 2.33. The van der Waals surface area contributed by atoms with E-state index in [1.807, 2.05) is 32.9 Å². The van der Waals surface area contributed by atoms with Crippen molar-refractivity contribution in [3.8, 4) is 5.75 Å². The van der Waals surface area contributed by atoms with Gasteiger partial charge in [0.05, 0.1) is 0 Å². The van der Waals surface area contributed by atoms with E-state index < -0.39 is 5.60 Å². The van der Waals surface area contributed by atoms with Crippen molar-refractivity contribution in [2.24, 2.45) is 0 Å². The monoisotopic (exact) mass is 289 g/mol. The third-order valence-electron chi connectivity index (χ3n) is 4.48. The number of rotatable bonds is 0. The molecule has 1 heterocycles. The number of phenols is 1. The summed E-state index contributed by atoms with van der Waals surface area (Å²) in [5.41, 5.74) is 1.54. The van der Waals surface area contributed by atoms with Crippen molar-refractivity contribution in [2.45, 2.75) is 57.6 Å². The van der Waals surface area contributed by atoms with Crippen LogP contribution in [0.15, 0.2) is 18.2 Å². The third-order valence-corrected chi connectivity index (χ3v) is 4.48. The summed E-state index contributed by atoms with van der Waals surface area (Å²) in [4.78, 5) is 14.2. The number of fused-ring (bicyclic) bond motifs is 2. The standard InChI is InChI=1S/C17H23NO3/c1-16(2,3)21-15(20)18-10-12-6-4-7-13(19)14(12)17(11-18)8-5-9-17/h4,6-7,19H,5,8-11H2,1-3H3. The van der Waals surface area contributed by atoms with Crippen LogP contribution in [0, 0.1) is 0 Å². The lowest BCUT2D eigenvalue weighted by Crippen LogP contribution is -2.52. The van der Waals surface area contributed by atoms with Crippen LogP contribution in [-0.2, 0) is 16.7 Å². The van der Waals surface area contributed by atoms with E-state index in [1.165, 1.54) is 0 Å². The fourth-order valence-electron chi connectivity index (χ4n) is 3.50. The van der Waals surface area contributed by atoms with Gasteiger partial charge in [-0.3, -0.25) is 0 Å². The second-order valence-electron chi connectivity index (χ2n) is 7.28. The molecule has 4 nitrogen and oxygen atoms in total. The third kappa shape index (κ3) is 2.47. The van der Waals surface area contributed by atoms with E-state index in [9.17, 15) is 9.90 Å². The molecule has 3 rings (SSSR count). The topological polar surface area (TPSA) is 49.8 Å². The van der Waals surface area contributed by atoms with E-state index in [2.05, 4.69) is 0 Å². The summed E-state index contributed by atoms with van der Waals surface area (Å²) in [5.74, 6) is 0.371. The van der Waals surface area contributed by atoms with Crippen molar-refractivity contribution in [2.75, 3.05) is 6.54 Å². The highest BCUT2D eigenvalue weighted by atomic mass is 16.6. The molecule has 0 bridgehead atoms. The predicted octanol–water partition coefficient (Wildman–Crippen LogP) is 3.56. The smallest absolute Gasteiger partial charge is 0.410 e. The zero-order chi connectivity index (χ0) is 15.3. The van der Waals surface area contributed by atoms with Gasteiger partial charge < -0.3 is 14.7 Å². The molecule has 1 spiro atoms. The second-order valence-corrected chi connectivity index (χ2v) is 7.28. The number of aromatic hydroxyl groups is 1. The van der Waals surface area contributed by atoms with Crippen LogP contribution in [-0.4, -0.2) is 28.2 Å². The van der Waals surface area contributed by atoms with Crippen molar-refractivity contribution in [1.82, 2.24) is 4.90 Å². The molecule has 2 aliphatic rings. The van der Waals surface area contributed by atoms with Gasteiger partial charge in [-0.25, -0.2) is 4.79 Å². The van der Waals surface area contributed by atoms with Gasteiger partial charge in [-0.1, -0.05) is 18.6 Å². The van der Waals surface area contributed by atoms with Crippen LogP contribution in [0.1, 0.15) is 51.2 Å². The summed E-state index contributed by atoms with van der Waals surface area (Å²) in [7, 11) is 0. The summed E-state index contributed by atoms with van der Waals surface area (Å²) in [6.07, 6.45) is 2.94. The van der Waals surface area contributed by atoms with Crippen molar-refractivity contribution in [3.63, 3.8) is 0 Å². The number of ether oxygens (including phenoxy) is 1. The van der Waals surface area contributed by atoms with E-state index in [-0.39, 0.29) is 11.5 Å². The van der Waals surface area contributed by atoms with Crippen LogP contribution in [0.3, 0.4) is 0 Å². The maximum atomic E-state index is 12.4. The Labute approximate surface area is 125 Å². The first-order valence-electron chi connectivity index (χ1n) is 7.60. The molecule has 1 fully saturated rings. The quantitative estimate of drug-likeness (QED) is 0.794.